The Labute approximate surface area is 150 Å². The summed E-state index contributed by atoms with van der Waals surface area (Å²) in [7, 11) is 0. The minimum atomic E-state index is 0.100. The Morgan fingerprint density at radius 3 is 2.04 bits per heavy atom. The Morgan fingerprint density at radius 1 is 0.840 bits per heavy atom. The van der Waals surface area contributed by atoms with Crippen LogP contribution in [0.5, 0.6) is 0 Å². The molecule has 1 aromatic rings. The molecule has 2 aliphatic rings. The smallest absolute Gasteiger partial charge is 0.223 e. The average Bonchev–Trinajstić information content (AvgIpc) is 2.67. The highest BCUT2D eigenvalue weighted by atomic mass is 16.2. The van der Waals surface area contributed by atoms with E-state index in [9.17, 15) is 9.59 Å². The van der Waals surface area contributed by atoms with E-state index in [-0.39, 0.29) is 11.8 Å². The number of para-hydroxylation sites is 1. The van der Waals surface area contributed by atoms with Gasteiger partial charge >= 0.3 is 0 Å². The first-order valence-electron chi connectivity index (χ1n) is 9.19. The van der Waals surface area contributed by atoms with Gasteiger partial charge in [-0.1, -0.05) is 18.2 Å². The summed E-state index contributed by atoms with van der Waals surface area (Å²) in [5, 5.41) is 0. The zero-order chi connectivity index (χ0) is 17.6. The van der Waals surface area contributed by atoms with Gasteiger partial charge in [-0.3, -0.25) is 14.5 Å². The topological polar surface area (TPSA) is 47.1 Å². The molecule has 2 heterocycles. The number of anilines is 1. The number of benzene rings is 1. The van der Waals surface area contributed by atoms with Crippen LogP contribution in [0, 0.1) is 0 Å². The lowest BCUT2D eigenvalue weighted by Crippen LogP contribution is -2.51. The summed E-state index contributed by atoms with van der Waals surface area (Å²) >= 11 is 0. The van der Waals surface area contributed by atoms with Crippen LogP contribution in [0.3, 0.4) is 0 Å². The molecule has 2 fully saturated rings. The molecule has 6 heteroatoms. The lowest BCUT2D eigenvalue weighted by Gasteiger charge is -2.37. The predicted octanol–water partition coefficient (Wildman–Crippen LogP) is 0.889. The first kappa shape index (κ1) is 17.7. The lowest BCUT2D eigenvalue weighted by molar-refractivity contribution is -0.138. The second-order valence-corrected chi connectivity index (χ2v) is 6.80. The van der Waals surface area contributed by atoms with Gasteiger partial charge in [-0.25, -0.2) is 0 Å². The van der Waals surface area contributed by atoms with Crippen molar-refractivity contribution >= 4 is 17.5 Å². The van der Waals surface area contributed by atoms with Gasteiger partial charge < -0.3 is 14.7 Å². The summed E-state index contributed by atoms with van der Waals surface area (Å²) in [4.78, 5) is 32.2. The van der Waals surface area contributed by atoms with Gasteiger partial charge in [-0.2, -0.15) is 0 Å². The van der Waals surface area contributed by atoms with Gasteiger partial charge in [0.05, 0.1) is 0 Å². The second kappa shape index (κ2) is 8.34. The molecule has 0 aromatic heterocycles. The lowest BCUT2D eigenvalue weighted by atomic mass is 10.2. The van der Waals surface area contributed by atoms with Crippen LogP contribution in [0.25, 0.3) is 0 Å². The summed E-state index contributed by atoms with van der Waals surface area (Å²) < 4.78 is 0. The zero-order valence-corrected chi connectivity index (χ0v) is 15.1. The monoisotopic (exact) mass is 344 g/mol. The number of carbonyl (C=O) groups excluding carboxylic acids is 2. The highest BCUT2D eigenvalue weighted by Crippen LogP contribution is 2.15. The van der Waals surface area contributed by atoms with E-state index in [2.05, 4.69) is 34.1 Å². The second-order valence-electron chi connectivity index (χ2n) is 6.80. The van der Waals surface area contributed by atoms with E-state index in [1.54, 1.807) is 6.92 Å². The van der Waals surface area contributed by atoms with Crippen molar-refractivity contribution in [2.24, 2.45) is 0 Å². The number of rotatable bonds is 4. The van der Waals surface area contributed by atoms with Crippen LogP contribution in [0.2, 0.25) is 0 Å². The molecule has 0 bridgehead atoms. The molecule has 0 saturated carbocycles. The fraction of sp³-hybridized carbons (Fsp3) is 0.579. The van der Waals surface area contributed by atoms with Crippen LogP contribution in [0.1, 0.15) is 13.3 Å². The maximum atomic E-state index is 12.4. The van der Waals surface area contributed by atoms with Crippen LogP contribution < -0.4 is 4.90 Å². The maximum Gasteiger partial charge on any atom is 0.223 e. The molecule has 0 radical (unpaired) electrons. The molecular formula is C19H28N4O2. The van der Waals surface area contributed by atoms with E-state index in [1.165, 1.54) is 5.69 Å². The first-order chi connectivity index (χ1) is 12.1. The fourth-order valence-corrected chi connectivity index (χ4v) is 3.55. The third-order valence-electron chi connectivity index (χ3n) is 5.21. The van der Waals surface area contributed by atoms with Crippen molar-refractivity contribution < 1.29 is 9.59 Å². The van der Waals surface area contributed by atoms with E-state index in [1.807, 2.05) is 15.9 Å². The Kier molecular flexibility index (Phi) is 5.91. The first-order valence-corrected chi connectivity index (χ1v) is 9.19. The highest BCUT2D eigenvalue weighted by Gasteiger charge is 2.23. The van der Waals surface area contributed by atoms with Crippen molar-refractivity contribution in [2.75, 3.05) is 63.8 Å². The molecule has 0 spiro atoms. The summed E-state index contributed by atoms with van der Waals surface area (Å²) in [6.45, 7) is 9.10. The van der Waals surface area contributed by atoms with E-state index in [4.69, 9.17) is 0 Å². The molecule has 2 aliphatic heterocycles. The summed E-state index contributed by atoms with van der Waals surface area (Å²) in [6.07, 6.45) is 0.575. The zero-order valence-electron chi connectivity index (χ0n) is 15.1. The summed E-state index contributed by atoms with van der Waals surface area (Å²) in [5.74, 6) is 0.317. The minimum absolute atomic E-state index is 0.100. The van der Waals surface area contributed by atoms with Gasteiger partial charge in [0, 0.05) is 77.9 Å². The molecule has 2 amide bonds. The molecule has 1 aromatic carbocycles. The third kappa shape index (κ3) is 4.72. The number of carbonyl (C=O) groups is 2. The normalized spacial score (nSPS) is 19.2. The van der Waals surface area contributed by atoms with E-state index in [0.717, 1.165) is 32.7 Å². The Morgan fingerprint density at radius 2 is 1.44 bits per heavy atom. The molecule has 136 valence electrons. The number of nitrogens with zero attached hydrogens (tertiary/aromatic N) is 4. The molecule has 0 unspecified atom stereocenters. The van der Waals surface area contributed by atoms with Crippen molar-refractivity contribution in [1.82, 2.24) is 14.7 Å². The van der Waals surface area contributed by atoms with Gasteiger partial charge in [0.15, 0.2) is 0 Å². The number of amides is 2. The highest BCUT2D eigenvalue weighted by molar-refractivity contribution is 5.77. The van der Waals surface area contributed by atoms with E-state index in [0.29, 0.717) is 32.6 Å². The summed E-state index contributed by atoms with van der Waals surface area (Å²) in [6, 6.07) is 10.5. The Bertz CT molecular complexity index is 576. The number of hydrogen-bond acceptors (Lipinski definition) is 4. The van der Waals surface area contributed by atoms with Crippen molar-refractivity contribution in [3.05, 3.63) is 30.3 Å². The molecule has 25 heavy (non-hydrogen) atoms. The molecule has 0 atom stereocenters. The summed E-state index contributed by atoms with van der Waals surface area (Å²) in [5.41, 5.74) is 1.28. The number of piperazine rings is 2. The standard InChI is InChI=1S/C19H28N4O2/c1-17(24)21-13-15-23(16-14-21)19(25)7-8-20-9-11-22(12-10-20)18-5-3-2-4-6-18/h2-6H,7-16H2,1H3. The molecule has 3 rings (SSSR count). The molecule has 0 aliphatic carbocycles. The van der Waals surface area contributed by atoms with Gasteiger partial charge in [0.25, 0.3) is 0 Å². The van der Waals surface area contributed by atoms with Crippen LogP contribution in [0.15, 0.2) is 30.3 Å². The van der Waals surface area contributed by atoms with Gasteiger partial charge in [0.1, 0.15) is 0 Å². The molecular weight excluding hydrogens is 316 g/mol. The van der Waals surface area contributed by atoms with E-state index < -0.39 is 0 Å². The predicted molar refractivity (Wildman–Crippen MR) is 98.5 cm³/mol. The number of hydrogen-bond donors (Lipinski definition) is 0. The maximum absolute atomic E-state index is 12.4. The SMILES string of the molecule is CC(=O)N1CCN(C(=O)CCN2CCN(c3ccccc3)CC2)CC1. The average molecular weight is 344 g/mol. The molecule has 2 saturated heterocycles. The third-order valence-corrected chi connectivity index (χ3v) is 5.21. The van der Waals surface area contributed by atoms with Gasteiger partial charge in [-0.05, 0) is 12.1 Å². The van der Waals surface area contributed by atoms with Crippen molar-refractivity contribution in [3.63, 3.8) is 0 Å². The van der Waals surface area contributed by atoms with Gasteiger partial charge in [-0.15, -0.1) is 0 Å². The van der Waals surface area contributed by atoms with Gasteiger partial charge in [0.2, 0.25) is 11.8 Å². The van der Waals surface area contributed by atoms with Crippen molar-refractivity contribution in [3.8, 4) is 0 Å². The minimum Gasteiger partial charge on any atom is -0.369 e. The molecule has 6 nitrogen and oxygen atoms in total. The Hall–Kier alpha value is -2.08. The van der Waals surface area contributed by atoms with Crippen LogP contribution in [-0.4, -0.2) is 85.4 Å². The van der Waals surface area contributed by atoms with Crippen molar-refractivity contribution in [2.45, 2.75) is 13.3 Å². The van der Waals surface area contributed by atoms with Crippen molar-refractivity contribution in [1.29, 1.82) is 0 Å². The Balaban J connectivity index is 1.37. The van der Waals surface area contributed by atoms with Crippen LogP contribution in [0.4, 0.5) is 5.69 Å². The molecule has 0 N–H and O–H groups in total. The fourth-order valence-electron chi connectivity index (χ4n) is 3.55. The largest absolute Gasteiger partial charge is 0.369 e. The van der Waals surface area contributed by atoms with Crippen LogP contribution >= 0.6 is 0 Å². The quantitative estimate of drug-likeness (QED) is 0.814. The van der Waals surface area contributed by atoms with Crippen LogP contribution in [-0.2, 0) is 9.59 Å². The van der Waals surface area contributed by atoms with E-state index >= 15 is 0 Å².